The lowest BCUT2D eigenvalue weighted by Gasteiger charge is -2.10. The van der Waals surface area contributed by atoms with Crippen LogP contribution in [0.2, 0.25) is 5.02 Å². The minimum Gasteiger partial charge on any atom is -0.507 e. The van der Waals surface area contributed by atoms with Crippen molar-refractivity contribution in [2.75, 3.05) is 12.4 Å². The zero-order chi connectivity index (χ0) is 14.7. The van der Waals surface area contributed by atoms with Crippen molar-refractivity contribution in [2.24, 2.45) is 0 Å². The molecule has 2 aromatic carbocycles. The standard InChI is InChI=1S/C15H14ClNO3/c1-9-7-11(20-2)4-6-13(9)17-15(19)12-5-3-10(16)8-14(12)18/h3-8,18H,1-2H3,(H,17,19). The highest BCUT2D eigenvalue weighted by atomic mass is 35.5. The normalized spacial score (nSPS) is 10.2. The lowest BCUT2D eigenvalue weighted by molar-refractivity contribution is 0.102. The highest BCUT2D eigenvalue weighted by Crippen LogP contribution is 2.25. The van der Waals surface area contributed by atoms with Gasteiger partial charge in [0.1, 0.15) is 11.5 Å². The number of phenols is 1. The number of methoxy groups -OCH3 is 1. The predicted octanol–water partition coefficient (Wildman–Crippen LogP) is 3.61. The van der Waals surface area contributed by atoms with Crippen LogP contribution in [-0.2, 0) is 0 Å². The average Bonchev–Trinajstić information content (AvgIpc) is 2.40. The number of carbonyl (C=O) groups excluding carboxylic acids is 1. The molecular formula is C15H14ClNO3. The molecule has 0 fully saturated rings. The number of ether oxygens (including phenoxy) is 1. The average molecular weight is 292 g/mol. The Morgan fingerprint density at radius 1 is 1.25 bits per heavy atom. The SMILES string of the molecule is COc1ccc(NC(=O)c2ccc(Cl)cc2O)c(C)c1. The maximum atomic E-state index is 12.1. The monoisotopic (exact) mass is 291 g/mol. The number of rotatable bonds is 3. The van der Waals surface area contributed by atoms with Crippen LogP contribution < -0.4 is 10.1 Å². The molecule has 0 radical (unpaired) electrons. The number of aromatic hydroxyl groups is 1. The maximum absolute atomic E-state index is 12.1. The van der Waals surface area contributed by atoms with Gasteiger partial charge in [0, 0.05) is 10.7 Å². The Morgan fingerprint density at radius 3 is 2.60 bits per heavy atom. The van der Waals surface area contributed by atoms with Crippen LogP contribution in [-0.4, -0.2) is 18.1 Å². The van der Waals surface area contributed by atoms with Gasteiger partial charge in [-0.25, -0.2) is 0 Å². The van der Waals surface area contributed by atoms with Crippen molar-refractivity contribution in [1.82, 2.24) is 0 Å². The molecule has 20 heavy (non-hydrogen) atoms. The lowest BCUT2D eigenvalue weighted by atomic mass is 10.1. The molecule has 0 saturated carbocycles. The summed E-state index contributed by atoms with van der Waals surface area (Å²) >= 11 is 5.73. The summed E-state index contributed by atoms with van der Waals surface area (Å²) in [5.41, 5.74) is 1.70. The molecule has 0 heterocycles. The lowest BCUT2D eigenvalue weighted by Crippen LogP contribution is -2.13. The number of anilines is 1. The second-order valence-corrected chi connectivity index (χ2v) is 4.73. The van der Waals surface area contributed by atoms with Crippen molar-refractivity contribution < 1.29 is 14.6 Å². The highest BCUT2D eigenvalue weighted by molar-refractivity contribution is 6.31. The first-order chi connectivity index (χ1) is 9.51. The molecule has 1 amide bonds. The summed E-state index contributed by atoms with van der Waals surface area (Å²) < 4.78 is 5.10. The van der Waals surface area contributed by atoms with Gasteiger partial charge in [0.05, 0.1) is 12.7 Å². The number of amides is 1. The van der Waals surface area contributed by atoms with Gasteiger partial charge in [-0.2, -0.15) is 0 Å². The summed E-state index contributed by atoms with van der Waals surface area (Å²) in [6.45, 7) is 1.86. The number of nitrogens with one attached hydrogen (secondary N) is 1. The third kappa shape index (κ3) is 3.03. The first-order valence-electron chi connectivity index (χ1n) is 5.96. The Bertz CT molecular complexity index is 656. The van der Waals surface area contributed by atoms with E-state index in [1.807, 2.05) is 13.0 Å². The fourth-order valence-corrected chi connectivity index (χ4v) is 1.96. The van der Waals surface area contributed by atoms with Gasteiger partial charge in [0.25, 0.3) is 5.91 Å². The highest BCUT2D eigenvalue weighted by Gasteiger charge is 2.12. The fourth-order valence-electron chi connectivity index (χ4n) is 1.79. The van der Waals surface area contributed by atoms with Crippen LogP contribution in [0.25, 0.3) is 0 Å². The van der Waals surface area contributed by atoms with Gasteiger partial charge >= 0.3 is 0 Å². The summed E-state index contributed by atoms with van der Waals surface area (Å²) in [6, 6.07) is 9.68. The summed E-state index contributed by atoms with van der Waals surface area (Å²) in [7, 11) is 1.58. The third-order valence-corrected chi connectivity index (χ3v) is 3.12. The first-order valence-corrected chi connectivity index (χ1v) is 6.33. The van der Waals surface area contributed by atoms with Crippen LogP contribution in [0.15, 0.2) is 36.4 Å². The van der Waals surface area contributed by atoms with E-state index < -0.39 is 5.91 Å². The molecule has 0 atom stereocenters. The summed E-state index contributed by atoms with van der Waals surface area (Å²) in [5, 5.41) is 12.8. The van der Waals surface area contributed by atoms with Gasteiger partial charge in [-0.3, -0.25) is 4.79 Å². The largest absolute Gasteiger partial charge is 0.507 e. The van der Waals surface area contributed by atoms with E-state index in [0.717, 1.165) is 11.3 Å². The molecular weight excluding hydrogens is 278 g/mol. The molecule has 2 rings (SSSR count). The van der Waals surface area contributed by atoms with Crippen molar-refractivity contribution in [3.05, 3.63) is 52.5 Å². The van der Waals surface area contributed by atoms with E-state index in [-0.39, 0.29) is 11.3 Å². The Labute approximate surface area is 122 Å². The number of hydrogen-bond acceptors (Lipinski definition) is 3. The number of aryl methyl sites for hydroxylation is 1. The van der Waals surface area contributed by atoms with Crippen molar-refractivity contribution in [2.45, 2.75) is 6.92 Å². The fraction of sp³-hybridized carbons (Fsp3) is 0.133. The van der Waals surface area contributed by atoms with Crippen molar-refractivity contribution in [1.29, 1.82) is 0 Å². The van der Waals surface area contributed by atoms with Crippen LogP contribution in [0.3, 0.4) is 0 Å². The maximum Gasteiger partial charge on any atom is 0.259 e. The van der Waals surface area contributed by atoms with Gasteiger partial charge in [-0.05, 0) is 48.9 Å². The number of halogens is 1. The van der Waals surface area contributed by atoms with E-state index in [1.54, 1.807) is 25.3 Å². The van der Waals surface area contributed by atoms with Crippen LogP contribution in [0.4, 0.5) is 5.69 Å². The van der Waals surface area contributed by atoms with Crippen molar-refractivity contribution in [3.8, 4) is 11.5 Å². The second-order valence-electron chi connectivity index (χ2n) is 4.30. The molecule has 0 aliphatic heterocycles. The molecule has 0 aliphatic carbocycles. The van der Waals surface area contributed by atoms with Crippen molar-refractivity contribution in [3.63, 3.8) is 0 Å². The van der Waals surface area contributed by atoms with Crippen LogP contribution in [0.1, 0.15) is 15.9 Å². The minimum absolute atomic E-state index is 0.152. The van der Waals surface area contributed by atoms with E-state index in [1.165, 1.54) is 12.1 Å². The summed E-state index contributed by atoms with van der Waals surface area (Å²) in [5.74, 6) is 0.170. The zero-order valence-electron chi connectivity index (χ0n) is 11.1. The smallest absolute Gasteiger partial charge is 0.259 e. The molecule has 5 heteroatoms. The number of carbonyl (C=O) groups is 1. The van der Waals surface area contributed by atoms with Gasteiger partial charge in [0.15, 0.2) is 0 Å². The molecule has 2 aromatic rings. The minimum atomic E-state index is -0.396. The topological polar surface area (TPSA) is 58.6 Å². The van der Waals surface area contributed by atoms with Crippen LogP contribution in [0.5, 0.6) is 11.5 Å². The molecule has 4 nitrogen and oxygen atoms in total. The Hall–Kier alpha value is -2.20. The van der Waals surface area contributed by atoms with E-state index >= 15 is 0 Å². The van der Waals surface area contributed by atoms with E-state index in [2.05, 4.69) is 5.32 Å². The summed E-state index contributed by atoms with van der Waals surface area (Å²) in [6.07, 6.45) is 0. The first kappa shape index (κ1) is 14.2. The Morgan fingerprint density at radius 2 is 2.00 bits per heavy atom. The molecule has 104 valence electrons. The molecule has 2 N–H and O–H groups in total. The predicted molar refractivity (Wildman–Crippen MR) is 78.8 cm³/mol. The van der Waals surface area contributed by atoms with Crippen molar-refractivity contribution >= 4 is 23.2 Å². The van der Waals surface area contributed by atoms with Crippen LogP contribution in [0, 0.1) is 6.92 Å². The molecule has 0 unspecified atom stereocenters. The number of benzene rings is 2. The Balaban J connectivity index is 2.23. The van der Waals surface area contributed by atoms with Gasteiger partial charge in [-0.1, -0.05) is 11.6 Å². The molecule has 0 saturated heterocycles. The molecule has 0 bridgehead atoms. The van der Waals surface area contributed by atoms with Gasteiger partial charge < -0.3 is 15.2 Å². The quantitative estimate of drug-likeness (QED) is 0.908. The second kappa shape index (κ2) is 5.84. The Kier molecular flexibility index (Phi) is 4.15. The number of phenolic OH excluding ortho intramolecular Hbond substituents is 1. The summed E-state index contributed by atoms with van der Waals surface area (Å²) in [4.78, 5) is 12.1. The third-order valence-electron chi connectivity index (χ3n) is 2.89. The van der Waals surface area contributed by atoms with E-state index in [9.17, 15) is 9.90 Å². The van der Waals surface area contributed by atoms with Gasteiger partial charge in [0.2, 0.25) is 0 Å². The van der Waals surface area contributed by atoms with Crippen LogP contribution >= 0.6 is 11.6 Å². The van der Waals surface area contributed by atoms with E-state index in [4.69, 9.17) is 16.3 Å². The van der Waals surface area contributed by atoms with E-state index in [0.29, 0.717) is 10.7 Å². The molecule has 0 aromatic heterocycles. The number of hydrogen-bond donors (Lipinski definition) is 2. The molecule has 0 aliphatic rings. The molecule has 0 spiro atoms. The van der Waals surface area contributed by atoms with Gasteiger partial charge in [-0.15, -0.1) is 0 Å². The zero-order valence-corrected chi connectivity index (χ0v) is 11.9.